The molecule has 0 saturated carbocycles. The van der Waals surface area contributed by atoms with Crippen LogP contribution in [-0.4, -0.2) is 12.5 Å². The minimum atomic E-state index is 0.526. The third-order valence-corrected chi connectivity index (χ3v) is 1.53. The van der Waals surface area contributed by atoms with Crippen LogP contribution in [0.5, 0.6) is 5.75 Å². The van der Waals surface area contributed by atoms with E-state index in [4.69, 9.17) is 21.4 Å². The minimum Gasteiger partial charge on any atom is -0.338 e. The molecular formula is C9H11ClO2. The second kappa shape index (κ2) is 5.86. The van der Waals surface area contributed by atoms with Crippen molar-refractivity contribution in [2.75, 3.05) is 12.5 Å². The van der Waals surface area contributed by atoms with Crippen molar-refractivity contribution in [1.29, 1.82) is 0 Å². The largest absolute Gasteiger partial charge is 0.338 e. The van der Waals surface area contributed by atoms with E-state index in [0.717, 1.165) is 6.42 Å². The first-order chi connectivity index (χ1) is 5.93. The number of rotatable bonds is 5. The summed E-state index contributed by atoms with van der Waals surface area (Å²) in [5, 5.41) is 0. The Balaban J connectivity index is 2.16. The molecule has 0 radical (unpaired) electrons. The van der Waals surface area contributed by atoms with Crippen LogP contribution >= 0.6 is 11.6 Å². The fourth-order valence-corrected chi connectivity index (χ4v) is 0.808. The predicted octanol–water partition coefficient (Wildman–Crippen LogP) is 2.63. The zero-order valence-electron chi connectivity index (χ0n) is 6.70. The molecule has 0 bridgehead atoms. The molecule has 0 atom stereocenters. The predicted molar refractivity (Wildman–Crippen MR) is 48.4 cm³/mol. The van der Waals surface area contributed by atoms with Crippen LogP contribution in [0.25, 0.3) is 0 Å². The van der Waals surface area contributed by atoms with Crippen LogP contribution in [0, 0.1) is 0 Å². The Morgan fingerprint density at radius 2 is 1.92 bits per heavy atom. The Labute approximate surface area is 77.0 Å². The number of halogens is 1. The molecule has 0 aliphatic rings. The number of alkyl halides is 1. The molecule has 0 amide bonds. The van der Waals surface area contributed by atoms with Crippen molar-refractivity contribution < 1.29 is 9.78 Å². The van der Waals surface area contributed by atoms with Gasteiger partial charge in [0.05, 0.1) is 6.61 Å². The summed E-state index contributed by atoms with van der Waals surface area (Å²) in [6.45, 7) is 0.526. The fraction of sp³-hybridized carbons (Fsp3) is 0.333. The number of hydrogen-bond acceptors (Lipinski definition) is 2. The van der Waals surface area contributed by atoms with Crippen molar-refractivity contribution >= 4 is 11.6 Å². The highest BCUT2D eigenvalue weighted by Crippen LogP contribution is 2.08. The highest BCUT2D eigenvalue weighted by molar-refractivity contribution is 6.17. The lowest BCUT2D eigenvalue weighted by atomic mass is 10.3. The monoisotopic (exact) mass is 186 g/mol. The molecule has 66 valence electrons. The lowest BCUT2D eigenvalue weighted by Crippen LogP contribution is -1.99. The highest BCUT2D eigenvalue weighted by atomic mass is 35.5. The Bertz CT molecular complexity index is 201. The van der Waals surface area contributed by atoms with Crippen LogP contribution in [0.4, 0.5) is 0 Å². The molecular weight excluding hydrogens is 176 g/mol. The maximum atomic E-state index is 5.45. The first-order valence-corrected chi connectivity index (χ1v) is 4.37. The molecule has 0 unspecified atom stereocenters. The van der Waals surface area contributed by atoms with E-state index in [0.29, 0.717) is 18.2 Å². The number of benzene rings is 1. The molecule has 12 heavy (non-hydrogen) atoms. The zero-order chi connectivity index (χ0) is 8.65. The average molecular weight is 187 g/mol. The highest BCUT2D eigenvalue weighted by Gasteiger charge is 1.91. The number of hydrogen-bond donors (Lipinski definition) is 0. The molecule has 1 aromatic rings. The van der Waals surface area contributed by atoms with Crippen molar-refractivity contribution in [1.82, 2.24) is 0 Å². The Hall–Kier alpha value is -0.730. The van der Waals surface area contributed by atoms with Gasteiger partial charge >= 0.3 is 0 Å². The Kier molecular flexibility index (Phi) is 4.57. The number of para-hydroxylation sites is 1. The first kappa shape index (κ1) is 9.36. The second-order valence-corrected chi connectivity index (χ2v) is 2.64. The molecule has 0 aliphatic heterocycles. The van der Waals surface area contributed by atoms with Crippen LogP contribution in [0.1, 0.15) is 6.42 Å². The summed E-state index contributed by atoms with van der Waals surface area (Å²) in [6, 6.07) is 9.37. The van der Waals surface area contributed by atoms with Gasteiger partial charge in [-0.1, -0.05) is 18.2 Å². The lowest BCUT2D eigenvalue weighted by molar-refractivity contribution is -0.206. The summed E-state index contributed by atoms with van der Waals surface area (Å²) in [5.41, 5.74) is 0. The van der Waals surface area contributed by atoms with Gasteiger partial charge in [-0.25, -0.2) is 0 Å². The summed E-state index contributed by atoms with van der Waals surface area (Å²) < 4.78 is 0. The van der Waals surface area contributed by atoms with Gasteiger partial charge in [-0.15, -0.1) is 11.6 Å². The average Bonchev–Trinajstić information content (AvgIpc) is 2.14. The molecule has 1 aromatic carbocycles. The van der Waals surface area contributed by atoms with Crippen molar-refractivity contribution in [3.05, 3.63) is 30.3 Å². The Morgan fingerprint density at radius 3 is 2.58 bits per heavy atom. The van der Waals surface area contributed by atoms with E-state index in [2.05, 4.69) is 0 Å². The maximum Gasteiger partial charge on any atom is 0.165 e. The van der Waals surface area contributed by atoms with E-state index < -0.39 is 0 Å². The minimum absolute atomic E-state index is 0.526. The van der Waals surface area contributed by atoms with Crippen LogP contribution in [0.2, 0.25) is 0 Å². The van der Waals surface area contributed by atoms with E-state index in [1.54, 1.807) is 0 Å². The van der Waals surface area contributed by atoms with Gasteiger partial charge in [-0.3, -0.25) is 0 Å². The van der Waals surface area contributed by atoms with Gasteiger partial charge in [-0.05, 0) is 18.6 Å². The summed E-state index contributed by atoms with van der Waals surface area (Å²) in [4.78, 5) is 9.83. The Morgan fingerprint density at radius 1 is 1.17 bits per heavy atom. The molecule has 1 rings (SSSR count). The molecule has 0 N–H and O–H groups in total. The van der Waals surface area contributed by atoms with E-state index >= 15 is 0 Å². The quantitative estimate of drug-likeness (QED) is 0.305. The third-order valence-electron chi connectivity index (χ3n) is 1.26. The smallest absolute Gasteiger partial charge is 0.165 e. The van der Waals surface area contributed by atoms with E-state index in [-0.39, 0.29) is 0 Å². The second-order valence-electron chi connectivity index (χ2n) is 2.26. The van der Waals surface area contributed by atoms with Gasteiger partial charge in [0, 0.05) is 5.88 Å². The van der Waals surface area contributed by atoms with Gasteiger partial charge in [0.2, 0.25) is 0 Å². The zero-order valence-corrected chi connectivity index (χ0v) is 7.46. The third kappa shape index (κ3) is 3.60. The van der Waals surface area contributed by atoms with Crippen molar-refractivity contribution in [2.24, 2.45) is 0 Å². The lowest BCUT2D eigenvalue weighted by Gasteiger charge is -2.02. The van der Waals surface area contributed by atoms with Crippen molar-refractivity contribution in [3.8, 4) is 5.75 Å². The van der Waals surface area contributed by atoms with Gasteiger partial charge in [0.1, 0.15) is 0 Å². The molecule has 0 aromatic heterocycles. The van der Waals surface area contributed by atoms with Gasteiger partial charge in [0.15, 0.2) is 5.75 Å². The maximum absolute atomic E-state index is 5.45. The van der Waals surface area contributed by atoms with Crippen LogP contribution in [-0.2, 0) is 4.89 Å². The van der Waals surface area contributed by atoms with Crippen molar-refractivity contribution in [2.45, 2.75) is 6.42 Å². The molecule has 0 saturated heterocycles. The fourth-order valence-electron chi connectivity index (χ4n) is 0.699. The first-order valence-electron chi connectivity index (χ1n) is 3.84. The van der Waals surface area contributed by atoms with E-state index in [9.17, 15) is 0 Å². The van der Waals surface area contributed by atoms with E-state index in [1.807, 2.05) is 30.3 Å². The molecule has 0 aliphatic carbocycles. The molecule has 3 heteroatoms. The summed E-state index contributed by atoms with van der Waals surface area (Å²) in [5.74, 6) is 1.31. The van der Waals surface area contributed by atoms with Crippen LogP contribution in [0.3, 0.4) is 0 Å². The molecule has 2 nitrogen and oxygen atoms in total. The topological polar surface area (TPSA) is 18.5 Å². The summed E-state index contributed by atoms with van der Waals surface area (Å²) in [7, 11) is 0. The van der Waals surface area contributed by atoms with Crippen LogP contribution in [0.15, 0.2) is 30.3 Å². The summed E-state index contributed by atoms with van der Waals surface area (Å²) >= 11 is 5.45. The molecule has 0 heterocycles. The SMILES string of the molecule is ClCCCOOc1ccccc1. The normalized spacial score (nSPS) is 9.75. The molecule has 0 spiro atoms. The van der Waals surface area contributed by atoms with Gasteiger partial charge in [-0.2, -0.15) is 4.89 Å². The van der Waals surface area contributed by atoms with Gasteiger partial charge in [0.25, 0.3) is 0 Å². The van der Waals surface area contributed by atoms with Gasteiger partial charge < -0.3 is 4.89 Å². The summed E-state index contributed by atoms with van der Waals surface area (Å²) in [6.07, 6.45) is 0.800. The van der Waals surface area contributed by atoms with Crippen molar-refractivity contribution in [3.63, 3.8) is 0 Å². The van der Waals surface area contributed by atoms with E-state index in [1.165, 1.54) is 0 Å². The standard InChI is InChI=1S/C9H11ClO2/c10-7-4-8-11-12-9-5-2-1-3-6-9/h1-3,5-6H,4,7-8H2. The molecule has 0 fully saturated rings. The van der Waals surface area contributed by atoms with Crippen LogP contribution < -0.4 is 4.89 Å².